The lowest BCUT2D eigenvalue weighted by atomic mass is 9.78. The van der Waals surface area contributed by atoms with Gasteiger partial charge < -0.3 is 14.7 Å². The first-order chi connectivity index (χ1) is 11.4. The average Bonchev–Trinajstić information content (AvgIpc) is 3.07. The van der Waals surface area contributed by atoms with E-state index in [-0.39, 0.29) is 23.8 Å². The van der Waals surface area contributed by atoms with E-state index < -0.39 is 0 Å². The molecule has 0 atom stereocenters. The van der Waals surface area contributed by atoms with Crippen LogP contribution in [0, 0.1) is 12.3 Å². The molecule has 1 spiro atoms. The standard InChI is InChI=1S/C17H26N4O2S/c1-13-18-14(11-24-13)9-20(3)16(23)10-21-12-17(8-15(21)22)4-6-19(2)7-5-17/h11H,4-10,12H2,1-3H3. The highest BCUT2D eigenvalue weighted by molar-refractivity contribution is 7.09. The Labute approximate surface area is 147 Å². The number of likely N-dealkylation sites (tertiary alicyclic amines) is 2. The van der Waals surface area contributed by atoms with E-state index in [0.29, 0.717) is 13.0 Å². The van der Waals surface area contributed by atoms with Crippen molar-refractivity contribution in [3.05, 3.63) is 16.1 Å². The number of nitrogens with zero attached hydrogens (tertiary/aromatic N) is 4. The fourth-order valence-electron chi connectivity index (χ4n) is 3.65. The first kappa shape index (κ1) is 17.4. The molecule has 0 N–H and O–H groups in total. The third kappa shape index (κ3) is 3.78. The molecule has 0 radical (unpaired) electrons. The Hall–Kier alpha value is -1.47. The molecule has 6 nitrogen and oxygen atoms in total. The third-order valence-corrected chi connectivity index (χ3v) is 6.09. The number of aryl methyl sites for hydroxylation is 1. The Morgan fingerprint density at radius 2 is 2.12 bits per heavy atom. The summed E-state index contributed by atoms with van der Waals surface area (Å²) >= 11 is 1.59. The number of piperidine rings is 1. The van der Waals surface area contributed by atoms with Gasteiger partial charge in [-0.25, -0.2) is 4.98 Å². The molecule has 3 heterocycles. The van der Waals surface area contributed by atoms with Crippen LogP contribution in [0.5, 0.6) is 0 Å². The summed E-state index contributed by atoms with van der Waals surface area (Å²) < 4.78 is 0. The predicted molar refractivity (Wildman–Crippen MR) is 93.7 cm³/mol. The van der Waals surface area contributed by atoms with Crippen molar-refractivity contribution in [3.63, 3.8) is 0 Å². The molecule has 3 rings (SSSR count). The lowest BCUT2D eigenvalue weighted by Gasteiger charge is -2.37. The highest BCUT2D eigenvalue weighted by Crippen LogP contribution is 2.40. The molecular weight excluding hydrogens is 324 g/mol. The van der Waals surface area contributed by atoms with Crippen molar-refractivity contribution in [3.8, 4) is 0 Å². The second-order valence-corrected chi connectivity index (χ2v) is 8.40. The lowest BCUT2D eigenvalue weighted by molar-refractivity contribution is -0.137. The van der Waals surface area contributed by atoms with Gasteiger partial charge in [0, 0.05) is 25.4 Å². The van der Waals surface area contributed by atoms with Gasteiger partial charge in [-0.05, 0) is 45.3 Å². The molecule has 24 heavy (non-hydrogen) atoms. The fraction of sp³-hybridized carbons (Fsp3) is 0.706. The summed E-state index contributed by atoms with van der Waals surface area (Å²) in [5, 5.41) is 2.98. The summed E-state index contributed by atoms with van der Waals surface area (Å²) in [6, 6.07) is 0. The predicted octanol–water partition coefficient (Wildman–Crippen LogP) is 1.35. The second-order valence-electron chi connectivity index (χ2n) is 7.34. The summed E-state index contributed by atoms with van der Waals surface area (Å²) in [5.41, 5.74) is 1.00. The van der Waals surface area contributed by atoms with Crippen molar-refractivity contribution < 1.29 is 9.59 Å². The van der Waals surface area contributed by atoms with Gasteiger partial charge in [0.15, 0.2) is 0 Å². The molecule has 2 aliphatic heterocycles. The largest absolute Gasteiger partial charge is 0.338 e. The molecule has 132 valence electrons. The van der Waals surface area contributed by atoms with E-state index >= 15 is 0 Å². The zero-order chi connectivity index (χ0) is 17.3. The van der Waals surface area contributed by atoms with Crippen molar-refractivity contribution in [1.29, 1.82) is 0 Å². The van der Waals surface area contributed by atoms with Gasteiger partial charge in [-0.15, -0.1) is 11.3 Å². The number of hydrogen-bond donors (Lipinski definition) is 0. The van der Waals surface area contributed by atoms with E-state index in [2.05, 4.69) is 16.9 Å². The van der Waals surface area contributed by atoms with Crippen molar-refractivity contribution in [2.45, 2.75) is 32.7 Å². The molecule has 7 heteroatoms. The lowest BCUT2D eigenvalue weighted by Crippen LogP contribution is -2.42. The topological polar surface area (TPSA) is 56.8 Å². The smallest absolute Gasteiger partial charge is 0.242 e. The van der Waals surface area contributed by atoms with Gasteiger partial charge in [-0.2, -0.15) is 0 Å². The van der Waals surface area contributed by atoms with Gasteiger partial charge >= 0.3 is 0 Å². The summed E-state index contributed by atoms with van der Waals surface area (Å²) in [7, 11) is 3.91. The summed E-state index contributed by atoms with van der Waals surface area (Å²) in [5.74, 6) is 0.116. The van der Waals surface area contributed by atoms with Crippen LogP contribution in [-0.2, 0) is 16.1 Å². The molecule has 0 bridgehead atoms. The van der Waals surface area contributed by atoms with Gasteiger partial charge in [0.2, 0.25) is 11.8 Å². The van der Waals surface area contributed by atoms with Crippen LogP contribution < -0.4 is 0 Å². The van der Waals surface area contributed by atoms with Crippen LogP contribution in [0.15, 0.2) is 5.38 Å². The van der Waals surface area contributed by atoms with E-state index in [4.69, 9.17) is 0 Å². The molecule has 0 aromatic carbocycles. The zero-order valence-corrected chi connectivity index (χ0v) is 15.6. The Kier molecular flexibility index (Phi) is 4.92. The van der Waals surface area contributed by atoms with Gasteiger partial charge in [0.25, 0.3) is 0 Å². The maximum absolute atomic E-state index is 12.5. The van der Waals surface area contributed by atoms with E-state index in [1.807, 2.05) is 12.3 Å². The Morgan fingerprint density at radius 3 is 2.75 bits per heavy atom. The minimum absolute atomic E-state index is 0.0148. The number of rotatable bonds is 4. The van der Waals surface area contributed by atoms with Crippen LogP contribution in [0.3, 0.4) is 0 Å². The van der Waals surface area contributed by atoms with Crippen LogP contribution in [0.2, 0.25) is 0 Å². The van der Waals surface area contributed by atoms with Gasteiger partial charge in [0.1, 0.15) is 0 Å². The third-order valence-electron chi connectivity index (χ3n) is 5.27. The minimum Gasteiger partial charge on any atom is -0.338 e. The summed E-state index contributed by atoms with van der Waals surface area (Å²) in [6.07, 6.45) is 2.70. The van der Waals surface area contributed by atoms with Crippen LogP contribution >= 0.6 is 11.3 Å². The number of likely N-dealkylation sites (N-methyl/N-ethyl adjacent to an activating group) is 1. The number of carbonyl (C=O) groups excluding carboxylic acids is 2. The molecule has 0 unspecified atom stereocenters. The molecule has 2 aliphatic rings. The average molecular weight is 350 g/mol. The second kappa shape index (κ2) is 6.80. The summed E-state index contributed by atoms with van der Waals surface area (Å²) in [6.45, 7) is 5.46. The number of carbonyl (C=O) groups is 2. The van der Waals surface area contributed by atoms with Crippen LogP contribution in [0.25, 0.3) is 0 Å². The van der Waals surface area contributed by atoms with Gasteiger partial charge in [-0.3, -0.25) is 9.59 Å². The first-order valence-electron chi connectivity index (χ1n) is 8.48. The molecule has 0 saturated carbocycles. The van der Waals surface area contributed by atoms with Gasteiger partial charge in [-0.1, -0.05) is 0 Å². The van der Waals surface area contributed by atoms with Crippen molar-refractivity contribution in [2.24, 2.45) is 5.41 Å². The minimum atomic E-state index is -0.0148. The Morgan fingerprint density at radius 1 is 1.42 bits per heavy atom. The maximum Gasteiger partial charge on any atom is 0.242 e. The molecule has 1 aromatic heterocycles. The fourth-order valence-corrected chi connectivity index (χ4v) is 4.25. The number of hydrogen-bond acceptors (Lipinski definition) is 5. The SMILES string of the molecule is Cc1nc(CN(C)C(=O)CN2CC3(CCN(C)CC3)CC2=O)cs1. The highest BCUT2D eigenvalue weighted by atomic mass is 32.1. The Bertz CT molecular complexity index is 622. The van der Waals surface area contributed by atoms with Crippen LogP contribution in [-0.4, -0.2) is 71.8 Å². The molecular formula is C17H26N4O2S. The highest BCUT2D eigenvalue weighted by Gasteiger charge is 2.44. The number of thiazole rings is 1. The van der Waals surface area contributed by atoms with Crippen LogP contribution in [0.1, 0.15) is 30.0 Å². The summed E-state index contributed by atoms with van der Waals surface area (Å²) in [4.78, 5) is 35.0. The number of amides is 2. The normalized spacial score (nSPS) is 20.8. The van der Waals surface area contributed by atoms with Gasteiger partial charge in [0.05, 0.1) is 23.8 Å². The quantitative estimate of drug-likeness (QED) is 0.823. The molecule has 1 aromatic rings. The van der Waals surface area contributed by atoms with Crippen LogP contribution in [0.4, 0.5) is 0 Å². The first-order valence-corrected chi connectivity index (χ1v) is 9.36. The van der Waals surface area contributed by atoms with Crippen molar-refractivity contribution in [1.82, 2.24) is 19.7 Å². The van der Waals surface area contributed by atoms with E-state index in [0.717, 1.165) is 43.2 Å². The Balaban J connectivity index is 1.55. The maximum atomic E-state index is 12.5. The molecule has 2 saturated heterocycles. The molecule has 2 amide bonds. The zero-order valence-electron chi connectivity index (χ0n) is 14.7. The molecule has 2 fully saturated rings. The monoisotopic (exact) mass is 350 g/mol. The molecule has 0 aliphatic carbocycles. The van der Waals surface area contributed by atoms with Crippen molar-refractivity contribution in [2.75, 3.05) is 40.3 Å². The van der Waals surface area contributed by atoms with E-state index in [1.165, 1.54) is 0 Å². The van der Waals surface area contributed by atoms with E-state index in [9.17, 15) is 9.59 Å². The number of aromatic nitrogens is 1. The van der Waals surface area contributed by atoms with Crippen molar-refractivity contribution >= 4 is 23.2 Å². The van der Waals surface area contributed by atoms with E-state index in [1.54, 1.807) is 28.2 Å².